The Morgan fingerprint density at radius 2 is 2.20 bits per heavy atom. The smallest absolute Gasteiger partial charge is 0.251 e. The molecule has 0 aliphatic rings. The van der Waals surface area contributed by atoms with Crippen LogP contribution >= 0.6 is 27.3 Å². The predicted molar refractivity (Wildman–Crippen MR) is 66.6 cm³/mol. The van der Waals surface area contributed by atoms with Crippen LogP contribution in [0.4, 0.5) is 0 Å². The molecule has 0 atom stereocenters. The van der Waals surface area contributed by atoms with E-state index in [-0.39, 0.29) is 5.56 Å². The van der Waals surface area contributed by atoms with Crippen LogP contribution in [0.2, 0.25) is 0 Å². The summed E-state index contributed by atoms with van der Waals surface area (Å²) in [6, 6.07) is 7.36. The second-order valence-corrected chi connectivity index (χ2v) is 5.55. The molecule has 0 fully saturated rings. The van der Waals surface area contributed by atoms with Gasteiger partial charge in [0.25, 0.3) is 5.56 Å². The quantitative estimate of drug-likeness (QED) is 0.831. The number of hydrogen-bond acceptors (Lipinski definition) is 2. The van der Waals surface area contributed by atoms with Gasteiger partial charge < -0.3 is 4.57 Å². The van der Waals surface area contributed by atoms with Crippen molar-refractivity contribution in [1.82, 2.24) is 4.57 Å². The van der Waals surface area contributed by atoms with Gasteiger partial charge in [-0.25, -0.2) is 0 Å². The summed E-state index contributed by atoms with van der Waals surface area (Å²) in [5.41, 5.74) is 2.19. The topological polar surface area (TPSA) is 22.0 Å². The number of pyridine rings is 1. The zero-order valence-corrected chi connectivity index (χ0v) is 10.6. The molecular formula is C11H10BrNOS. The van der Waals surface area contributed by atoms with Gasteiger partial charge in [0.05, 0.1) is 10.3 Å². The minimum absolute atomic E-state index is 0.0492. The fourth-order valence-electron chi connectivity index (χ4n) is 1.43. The van der Waals surface area contributed by atoms with Crippen LogP contribution in [-0.2, 0) is 6.54 Å². The van der Waals surface area contributed by atoms with E-state index in [1.807, 2.05) is 24.4 Å². The highest BCUT2D eigenvalue weighted by Gasteiger charge is 2.04. The molecule has 0 aromatic carbocycles. The molecule has 15 heavy (non-hydrogen) atoms. The molecule has 0 saturated carbocycles. The maximum atomic E-state index is 11.6. The summed E-state index contributed by atoms with van der Waals surface area (Å²) in [5.74, 6) is 0. The Bertz CT molecular complexity index is 529. The van der Waals surface area contributed by atoms with E-state index in [9.17, 15) is 4.79 Å². The standard InChI is InChI=1S/C11H10BrNOS/c1-8-3-2-4-10(14)13(8)7-9-5-6-15-11(9)12/h2-6H,7H2,1H3. The van der Waals surface area contributed by atoms with Gasteiger partial charge in [-0.15, -0.1) is 11.3 Å². The number of thiophene rings is 1. The van der Waals surface area contributed by atoms with Gasteiger partial charge in [0.2, 0.25) is 0 Å². The van der Waals surface area contributed by atoms with Crippen molar-refractivity contribution in [3.8, 4) is 0 Å². The Morgan fingerprint density at radius 1 is 1.40 bits per heavy atom. The monoisotopic (exact) mass is 283 g/mol. The molecule has 2 rings (SSSR count). The van der Waals surface area contributed by atoms with E-state index in [1.54, 1.807) is 28.0 Å². The summed E-state index contributed by atoms with van der Waals surface area (Å²) in [6.45, 7) is 2.58. The zero-order chi connectivity index (χ0) is 10.8. The molecule has 78 valence electrons. The average Bonchev–Trinajstić information content (AvgIpc) is 2.58. The van der Waals surface area contributed by atoms with Crippen molar-refractivity contribution >= 4 is 27.3 Å². The van der Waals surface area contributed by atoms with Crippen molar-refractivity contribution in [1.29, 1.82) is 0 Å². The molecule has 2 aromatic heterocycles. The highest BCUT2D eigenvalue weighted by atomic mass is 79.9. The van der Waals surface area contributed by atoms with Crippen LogP contribution < -0.4 is 5.56 Å². The number of aryl methyl sites for hydroxylation is 1. The van der Waals surface area contributed by atoms with E-state index in [0.29, 0.717) is 6.54 Å². The molecule has 0 unspecified atom stereocenters. The van der Waals surface area contributed by atoms with Crippen LogP contribution in [0.5, 0.6) is 0 Å². The summed E-state index contributed by atoms with van der Waals surface area (Å²) >= 11 is 5.11. The zero-order valence-electron chi connectivity index (χ0n) is 8.24. The van der Waals surface area contributed by atoms with E-state index < -0.39 is 0 Å². The third-order valence-corrected chi connectivity index (χ3v) is 4.10. The van der Waals surface area contributed by atoms with Gasteiger partial charge in [-0.1, -0.05) is 6.07 Å². The summed E-state index contributed by atoms with van der Waals surface area (Å²) < 4.78 is 2.87. The molecule has 2 nitrogen and oxygen atoms in total. The van der Waals surface area contributed by atoms with Gasteiger partial charge >= 0.3 is 0 Å². The Morgan fingerprint density at radius 3 is 2.80 bits per heavy atom. The van der Waals surface area contributed by atoms with Crippen LogP contribution in [0, 0.1) is 6.92 Å². The van der Waals surface area contributed by atoms with Crippen LogP contribution in [0.25, 0.3) is 0 Å². The largest absolute Gasteiger partial charge is 0.308 e. The normalized spacial score (nSPS) is 10.5. The van der Waals surface area contributed by atoms with Gasteiger partial charge in [-0.3, -0.25) is 4.79 Å². The van der Waals surface area contributed by atoms with Gasteiger partial charge in [0.1, 0.15) is 0 Å². The molecular weight excluding hydrogens is 274 g/mol. The lowest BCUT2D eigenvalue weighted by Gasteiger charge is -2.08. The summed E-state index contributed by atoms with van der Waals surface area (Å²) in [6.07, 6.45) is 0. The molecule has 0 saturated heterocycles. The fraction of sp³-hybridized carbons (Fsp3) is 0.182. The van der Waals surface area contributed by atoms with Crippen LogP contribution in [0.1, 0.15) is 11.3 Å². The fourth-order valence-corrected chi connectivity index (χ4v) is 2.65. The van der Waals surface area contributed by atoms with Gasteiger partial charge in [-0.05, 0) is 45.9 Å². The molecule has 0 aliphatic heterocycles. The maximum Gasteiger partial charge on any atom is 0.251 e. The molecule has 4 heteroatoms. The highest BCUT2D eigenvalue weighted by Crippen LogP contribution is 2.23. The number of aromatic nitrogens is 1. The first-order chi connectivity index (χ1) is 7.18. The van der Waals surface area contributed by atoms with Gasteiger partial charge in [-0.2, -0.15) is 0 Å². The molecule has 2 heterocycles. The lowest BCUT2D eigenvalue weighted by molar-refractivity contribution is 0.730. The van der Waals surface area contributed by atoms with E-state index in [2.05, 4.69) is 15.9 Å². The van der Waals surface area contributed by atoms with E-state index in [1.165, 1.54) is 0 Å². The van der Waals surface area contributed by atoms with Gasteiger partial charge in [0.15, 0.2) is 0 Å². The highest BCUT2D eigenvalue weighted by molar-refractivity contribution is 9.11. The minimum Gasteiger partial charge on any atom is -0.308 e. The number of halogens is 1. The van der Waals surface area contributed by atoms with E-state index >= 15 is 0 Å². The summed E-state index contributed by atoms with van der Waals surface area (Å²) in [7, 11) is 0. The minimum atomic E-state index is 0.0492. The average molecular weight is 284 g/mol. The second kappa shape index (κ2) is 4.33. The second-order valence-electron chi connectivity index (χ2n) is 3.31. The predicted octanol–water partition coefficient (Wildman–Crippen LogP) is 3.03. The molecule has 0 amide bonds. The Hall–Kier alpha value is -0.870. The molecule has 0 bridgehead atoms. The maximum absolute atomic E-state index is 11.6. The van der Waals surface area contributed by atoms with Crippen molar-refractivity contribution in [3.05, 3.63) is 55.0 Å². The van der Waals surface area contributed by atoms with E-state index in [4.69, 9.17) is 0 Å². The molecule has 0 aliphatic carbocycles. The Balaban J connectivity index is 2.41. The van der Waals surface area contributed by atoms with Crippen molar-refractivity contribution in [3.63, 3.8) is 0 Å². The van der Waals surface area contributed by atoms with Crippen LogP contribution in [-0.4, -0.2) is 4.57 Å². The summed E-state index contributed by atoms with van der Waals surface area (Å²) in [5, 5.41) is 2.02. The molecule has 0 spiro atoms. The lowest BCUT2D eigenvalue weighted by Crippen LogP contribution is -2.21. The number of nitrogens with zero attached hydrogens (tertiary/aromatic N) is 1. The molecule has 2 aromatic rings. The van der Waals surface area contributed by atoms with Crippen molar-refractivity contribution in [2.24, 2.45) is 0 Å². The van der Waals surface area contributed by atoms with Crippen molar-refractivity contribution < 1.29 is 0 Å². The molecule has 0 radical (unpaired) electrons. The Kier molecular flexibility index (Phi) is 3.07. The van der Waals surface area contributed by atoms with Crippen molar-refractivity contribution in [2.75, 3.05) is 0 Å². The van der Waals surface area contributed by atoms with Crippen molar-refractivity contribution in [2.45, 2.75) is 13.5 Å². The first-order valence-electron chi connectivity index (χ1n) is 4.57. The lowest BCUT2D eigenvalue weighted by atomic mass is 10.3. The molecule has 0 N–H and O–H groups in total. The number of hydrogen-bond donors (Lipinski definition) is 0. The van der Waals surface area contributed by atoms with Gasteiger partial charge in [0, 0.05) is 11.8 Å². The summed E-state index contributed by atoms with van der Waals surface area (Å²) in [4.78, 5) is 11.6. The Labute approximate surface area is 100 Å². The first kappa shape index (κ1) is 10.6. The number of rotatable bonds is 2. The first-order valence-corrected chi connectivity index (χ1v) is 6.24. The third-order valence-electron chi connectivity index (χ3n) is 2.29. The van der Waals surface area contributed by atoms with E-state index in [0.717, 1.165) is 15.0 Å². The third kappa shape index (κ3) is 2.21. The SMILES string of the molecule is Cc1cccc(=O)n1Cc1ccsc1Br. The van der Waals surface area contributed by atoms with Crippen LogP contribution in [0.3, 0.4) is 0 Å². The van der Waals surface area contributed by atoms with Crippen LogP contribution in [0.15, 0.2) is 38.2 Å².